The SMILES string of the molecule is O=C(OCCCCC[B-](F)(F)F)c1cccs1.[K+]. The van der Waals surface area contributed by atoms with E-state index in [-0.39, 0.29) is 64.4 Å². The minimum absolute atomic E-state index is 0. The minimum Gasteiger partial charge on any atom is -0.462 e. The maximum Gasteiger partial charge on any atom is 1.00 e. The molecular weight excluding hydrogens is 291 g/mol. The maximum absolute atomic E-state index is 11.9. The van der Waals surface area contributed by atoms with Gasteiger partial charge in [-0.3, -0.25) is 0 Å². The molecule has 0 saturated heterocycles. The van der Waals surface area contributed by atoms with Crippen LogP contribution in [0.15, 0.2) is 17.5 Å². The van der Waals surface area contributed by atoms with Gasteiger partial charge in [-0.2, -0.15) is 0 Å². The van der Waals surface area contributed by atoms with E-state index in [1.807, 2.05) is 0 Å². The molecule has 18 heavy (non-hydrogen) atoms. The fraction of sp³-hybridized carbons (Fsp3) is 0.500. The molecule has 2 nitrogen and oxygen atoms in total. The van der Waals surface area contributed by atoms with Gasteiger partial charge < -0.3 is 17.7 Å². The third-order valence-electron chi connectivity index (χ3n) is 2.13. The summed E-state index contributed by atoms with van der Waals surface area (Å²) in [5.41, 5.74) is 0. The molecule has 0 atom stereocenters. The second-order valence-electron chi connectivity index (χ2n) is 3.67. The molecule has 1 aromatic heterocycles. The van der Waals surface area contributed by atoms with Crippen molar-refractivity contribution in [2.24, 2.45) is 0 Å². The molecule has 0 spiro atoms. The van der Waals surface area contributed by atoms with Crippen molar-refractivity contribution in [3.8, 4) is 0 Å². The van der Waals surface area contributed by atoms with Crippen LogP contribution in [0.2, 0.25) is 6.32 Å². The number of carbonyl (C=O) groups is 1. The Kier molecular flexibility index (Phi) is 9.90. The maximum atomic E-state index is 11.9. The topological polar surface area (TPSA) is 26.3 Å². The summed E-state index contributed by atoms with van der Waals surface area (Å²) in [5, 5.41) is 1.77. The molecule has 0 saturated carbocycles. The number of rotatable bonds is 7. The third kappa shape index (κ3) is 8.71. The zero-order chi connectivity index (χ0) is 12.7. The molecule has 0 bridgehead atoms. The fourth-order valence-corrected chi connectivity index (χ4v) is 1.90. The summed E-state index contributed by atoms with van der Waals surface area (Å²) in [6.07, 6.45) is 0.307. The van der Waals surface area contributed by atoms with Crippen LogP contribution in [0.3, 0.4) is 0 Å². The Labute approximate surface area is 151 Å². The van der Waals surface area contributed by atoms with Gasteiger partial charge in [0.1, 0.15) is 4.88 Å². The van der Waals surface area contributed by atoms with E-state index in [2.05, 4.69) is 0 Å². The average Bonchev–Trinajstić information content (AvgIpc) is 2.74. The zero-order valence-electron chi connectivity index (χ0n) is 10.2. The summed E-state index contributed by atoms with van der Waals surface area (Å²) in [6, 6.07) is 3.39. The van der Waals surface area contributed by atoms with E-state index in [1.165, 1.54) is 11.3 Å². The predicted molar refractivity (Wildman–Crippen MR) is 62.3 cm³/mol. The van der Waals surface area contributed by atoms with Gasteiger partial charge in [-0.05, 0) is 17.9 Å². The summed E-state index contributed by atoms with van der Waals surface area (Å²) in [7, 11) is 0. The third-order valence-corrected chi connectivity index (χ3v) is 2.98. The van der Waals surface area contributed by atoms with Crippen LogP contribution in [0.1, 0.15) is 28.9 Å². The number of carbonyl (C=O) groups excluding carboxylic acids is 1. The summed E-state index contributed by atoms with van der Waals surface area (Å²) in [4.78, 5) is 11.8. The smallest absolute Gasteiger partial charge is 0.462 e. The van der Waals surface area contributed by atoms with Crippen molar-refractivity contribution in [3.63, 3.8) is 0 Å². The van der Waals surface area contributed by atoms with Crippen LogP contribution in [-0.2, 0) is 4.74 Å². The number of esters is 1. The molecule has 1 aromatic rings. The second-order valence-corrected chi connectivity index (χ2v) is 4.62. The Hall–Kier alpha value is 0.661. The molecule has 0 aliphatic carbocycles. The Morgan fingerprint density at radius 3 is 2.56 bits per heavy atom. The minimum atomic E-state index is -4.67. The normalized spacial score (nSPS) is 10.8. The Bertz CT molecular complexity index is 343. The van der Waals surface area contributed by atoms with Crippen LogP contribution in [0.4, 0.5) is 12.9 Å². The number of ether oxygens (including phenoxy) is 1. The molecule has 1 rings (SSSR count). The zero-order valence-corrected chi connectivity index (χ0v) is 14.1. The first kappa shape index (κ1) is 18.7. The molecule has 0 aliphatic heterocycles. The Morgan fingerprint density at radius 2 is 2.00 bits per heavy atom. The van der Waals surface area contributed by atoms with Gasteiger partial charge >= 0.3 is 64.3 Å². The number of halogens is 3. The quantitative estimate of drug-likeness (QED) is 0.425. The summed E-state index contributed by atoms with van der Waals surface area (Å²) >= 11 is 1.28. The largest absolute Gasteiger partial charge is 1.00 e. The van der Waals surface area contributed by atoms with Crippen LogP contribution in [0, 0.1) is 0 Å². The standard InChI is InChI=1S/C10H13BF3O2S.K/c12-11(13,14)6-2-1-3-7-16-10(15)9-5-4-8-17-9;/h4-5,8H,1-3,6-7H2;/q-1;+1. The van der Waals surface area contributed by atoms with Gasteiger partial charge in [0.2, 0.25) is 0 Å². The second kappa shape index (κ2) is 9.55. The Morgan fingerprint density at radius 1 is 1.28 bits per heavy atom. The number of hydrogen-bond acceptors (Lipinski definition) is 3. The van der Waals surface area contributed by atoms with E-state index in [1.54, 1.807) is 17.5 Å². The van der Waals surface area contributed by atoms with Crippen LogP contribution in [0.5, 0.6) is 0 Å². The van der Waals surface area contributed by atoms with Crippen molar-refractivity contribution < 1.29 is 73.9 Å². The van der Waals surface area contributed by atoms with Gasteiger partial charge in [-0.15, -0.1) is 11.3 Å². The average molecular weight is 304 g/mol. The van der Waals surface area contributed by atoms with Gasteiger partial charge in [-0.25, -0.2) is 4.79 Å². The summed E-state index contributed by atoms with van der Waals surface area (Å²) in [5.74, 6) is -0.403. The molecule has 0 unspecified atom stereocenters. The molecule has 0 amide bonds. The van der Waals surface area contributed by atoms with E-state index in [9.17, 15) is 17.7 Å². The molecule has 0 aromatic carbocycles. The molecule has 0 radical (unpaired) electrons. The summed E-state index contributed by atoms with van der Waals surface area (Å²) < 4.78 is 40.5. The molecule has 0 aliphatic rings. The van der Waals surface area contributed by atoms with E-state index in [4.69, 9.17) is 4.74 Å². The molecule has 8 heteroatoms. The first-order valence-corrected chi connectivity index (χ1v) is 6.28. The number of thiophene rings is 1. The van der Waals surface area contributed by atoms with Crippen molar-refractivity contribution in [1.82, 2.24) is 0 Å². The van der Waals surface area contributed by atoms with Crippen molar-refractivity contribution in [2.45, 2.75) is 25.6 Å². The van der Waals surface area contributed by atoms with E-state index >= 15 is 0 Å². The van der Waals surface area contributed by atoms with Crippen LogP contribution in [0.25, 0.3) is 0 Å². The molecule has 1 heterocycles. The van der Waals surface area contributed by atoms with E-state index in [0.717, 1.165) is 0 Å². The Balaban J connectivity index is 0.00000289. The fourth-order valence-electron chi connectivity index (χ4n) is 1.29. The molecule has 96 valence electrons. The van der Waals surface area contributed by atoms with Gasteiger partial charge in [0.25, 0.3) is 0 Å². The van der Waals surface area contributed by atoms with Crippen LogP contribution < -0.4 is 51.4 Å². The van der Waals surface area contributed by atoms with Gasteiger partial charge in [-0.1, -0.05) is 25.2 Å². The number of hydrogen-bond donors (Lipinski definition) is 0. The first-order chi connectivity index (χ1) is 7.99. The van der Waals surface area contributed by atoms with Crippen molar-refractivity contribution >= 4 is 24.3 Å². The monoisotopic (exact) mass is 304 g/mol. The first-order valence-electron chi connectivity index (χ1n) is 5.40. The van der Waals surface area contributed by atoms with Gasteiger partial charge in [0.15, 0.2) is 0 Å². The van der Waals surface area contributed by atoms with Crippen LogP contribution >= 0.6 is 11.3 Å². The van der Waals surface area contributed by atoms with Gasteiger partial charge in [0.05, 0.1) is 6.61 Å². The number of unbranched alkanes of at least 4 members (excludes halogenated alkanes) is 2. The van der Waals surface area contributed by atoms with Crippen molar-refractivity contribution in [3.05, 3.63) is 22.4 Å². The van der Waals surface area contributed by atoms with Gasteiger partial charge in [0, 0.05) is 0 Å². The van der Waals surface area contributed by atoms with E-state index < -0.39 is 19.3 Å². The van der Waals surface area contributed by atoms with E-state index in [0.29, 0.717) is 17.7 Å². The molecular formula is C10H13BF3KO2S. The predicted octanol–water partition coefficient (Wildman–Crippen LogP) is 0.927. The molecule has 0 N–H and O–H groups in total. The van der Waals surface area contributed by atoms with Crippen molar-refractivity contribution in [1.29, 1.82) is 0 Å². The summed E-state index contributed by atoms with van der Waals surface area (Å²) in [6.45, 7) is -4.49. The van der Waals surface area contributed by atoms with Crippen LogP contribution in [-0.4, -0.2) is 19.6 Å². The van der Waals surface area contributed by atoms with Crippen molar-refractivity contribution in [2.75, 3.05) is 6.61 Å². The molecule has 0 fully saturated rings.